The van der Waals surface area contributed by atoms with Gasteiger partial charge in [-0.25, -0.2) is 0 Å². The maximum Gasteiger partial charge on any atom is 0.0704 e. The first-order valence-electron chi connectivity index (χ1n) is 9.06. The van der Waals surface area contributed by atoms with Crippen LogP contribution < -0.4 is 5.32 Å². The molecule has 1 aliphatic carbocycles. The van der Waals surface area contributed by atoms with E-state index in [2.05, 4.69) is 40.6 Å². The first-order chi connectivity index (χ1) is 11.4. The quantitative estimate of drug-likeness (QED) is 0.934. The van der Waals surface area contributed by atoms with E-state index in [1.165, 1.54) is 43.1 Å². The van der Waals surface area contributed by atoms with E-state index in [1.54, 1.807) is 0 Å². The van der Waals surface area contributed by atoms with Crippen LogP contribution >= 0.6 is 0 Å². The molecule has 0 bridgehead atoms. The summed E-state index contributed by atoms with van der Waals surface area (Å²) in [4.78, 5) is 4.48. The molecule has 0 amide bonds. The number of nitrogens with one attached hydrogen (secondary N) is 1. The van der Waals surface area contributed by atoms with Gasteiger partial charge in [0.05, 0.1) is 18.7 Å². The number of fused-ring (bicyclic) bond motifs is 1. The Bertz CT molecular complexity index is 646. The minimum atomic E-state index is 0.505. The largest absolute Gasteiger partial charge is 0.379 e. The predicted molar refractivity (Wildman–Crippen MR) is 93.6 cm³/mol. The van der Waals surface area contributed by atoms with Crippen molar-refractivity contribution in [2.24, 2.45) is 5.92 Å². The van der Waals surface area contributed by atoms with Gasteiger partial charge in [0.2, 0.25) is 0 Å². The Morgan fingerprint density at radius 1 is 1.04 bits per heavy atom. The highest BCUT2D eigenvalue weighted by Gasteiger charge is 2.30. The van der Waals surface area contributed by atoms with Crippen molar-refractivity contribution in [1.82, 2.24) is 10.3 Å². The van der Waals surface area contributed by atoms with E-state index in [9.17, 15) is 0 Å². The van der Waals surface area contributed by atoms with Gasteiger partial charge in [0.1, 0.15) is 0 Å². The molecular formula is C20H26N2O. The minimum absolute atomic E-state index is 0.505. The average molecular weight is 310 g/mol. The standard InChI is InChI=1S/C20H26N2O/c1-2-6-17(7-3-1)22-20-14-23-13-16(20)12-15-10-11-21-19-9-5-4-8-18(15)19/h4-5,8-11,16-17,20,22H,1-3,6-7,12-14H2/t16-,20-/m1/s1. The molecule has 4 rings (SSSR count). The first kappa shape index (κ1) is 15.1. The van der Waals surface area contributed by atoms with Crippen molar-refractivity contribution >= 4 is 10.9 Å². The van der Waals surface area contributed by atoms with E-state index in [0.29, 0.717) is 18.0 Å². The van der Waals surface area contributed by atoms with Crippen LogP contribution in [0, 0.1) is 5.92 Å². The molecule has 1 N–H and O–H groups in total. The lowest BCUT2D eigenvalue weighted by molar-refractivity contribution is 0.180. The lowest BCUT2D eigenvalue weighted by atomic mass is 9.90. The maximum absolute atomic E-state index is 5.82. The van der Waals surface area contributed by atoms with Crippen molar-refractivity contribution in [2.45, 2.75) is 50.6 Å². The molecule has 122 valence electrons. The SMILES string of the molecule is c1ccc2c(C[C@@H]3COC[C@H]3NC3CCCCC3)ccnc2c1. The molecule has 1 aliphatic heterocycles. The zero-order chi connectivity index (χ0) is 15.5. The summed E-state index contributed by atoms with van der Waals surface area (Å²) < 4.78 is 5.82. The summed E-state index contributed by atoms with van der Waals surface area (Å²) in [6, 6.07) is 11.8. The van der Waals surface area contributed by atoms with E-state index >= 15 is 0 Å². The molecule has 2 atom stereocenters. The highest BCUT2D eigenvalue weighted by atomic mass is 16.5. The second-order valence-corrected chi connectivity index (χ2v) is 7.10. The predicted octanol–water partition coefficient (Wildman–Crippen LogP) is 3.71. The maximum atomic E-state index is 5.82. The Balaban J connectivity index is 1.48. The van der Waals surface area contributed by atoms with Gasteiger partial charge < -0.3 is 10.1 Å². The van der Waals surface area contributed by atoms with E-state index < -0.39 is 0 Å². The molecule has 0 spiro atoms. The Labute approximate surface area is 138 Å². The van der Waals surface area contributed by atoms with Crippen molar-refractivity contribution < 1.29 is 4.74 Å². The third kappa shape index (κ3) is 3.41. The van der Waals surface area contributed by atoms with Crippen LogP contribution in [0.25, 0.3) is 10.9 Å². The number of hydrogen-bond acceptors (Lipinski definition) is 3. The first-order valence-corrected chi connectivity index (χ1v) is 9.06. The number of aromatic nitrogens is 1. The fourth-order valence-corrected chi connectivity index (χ4v) is 4.17. The number of ether oxygens (including phenoxy) is 1. The van der Waals surface area contributed by atoms with Crippen LogP contribution in [-0.4, -0.2) is 30.3 Å². The highest BCUT2D eigenvalue weighted by molar-refractivity contribution is 5.81. The van der Waals surface area contributed by atoms with E-state index in [1.807, 2.05) is 6.20 Å². The Morgan fingerprint density at radius 2 is 1.91 bits per heavy atom. The molecule has 2 heterocycles. The van der Waals surface area contributed by atoms with Gasteiger partial charge in [0.15, 0.2) is 0 Å². The second kappa shape index (κ2) is 6.98. The molecule has 2 fully saturated rings. The zero-order valence-corrected chi connectivity index (χ0v) is 13.7. The van der Waals surface area contributed by atoms with Crippen LogP contribution in [0.4, 0.5) is 0 Å². The Hall–Kier alpha value is -1.45. The molecule has 1 aromatic heterocycles. The third-order valence-corrected chi connectivity index (χ3v) is 5.47. The van der Waals surface area contributed by atoms with E-state index in [4.69, 9.17) is 4.74 Å². The van der Waals surface area contributed by atoms with Crippen LogP contribution in [0.3, 0.4) is 0 Å². The molecule has 23 heavy (non-hydrogen) atoms. The molecule has 1 saturated carbocycles. The van der Waals surface area contributed by atoms with Crippen molar-refractivity contribution in [1.29, 1.82) is 0 Å². The van der Waals surface area contributed by atoms with Crippen LogP contribution in [0.1, 0.15) is 37.7 Å². The summed E-state index contributed by atoms with van der Waals surface area (Å²) in [5.74, 6) is 0.572. The highest BCUT2D eigenvalue weighted by Crippen LogP contribution is 2.26. The van der Waals surface area contributed by atoms with Crippen LogP contribution in [-0.2, 0) is 11.2 Å². The summed E-state index contributed by atoms with van der Waals surface area (Å²) in [6.45, 7) is 1.74. The van der Waals surface area contributed by atoms with E-state index in [0.717, 1.165) is 25.2 Å². The van der Waals surface area contributed by atoms with Gasteiger partial charge in [0, 0.05) is 29.6 Å². The molecule has 1 aromatic carbocycles. The molecular weight excluding hydrogens is 284 g/mol. The third-order valence-electron chi connectivity index (χ3n) is 5.47. The van der Waals surface area contributed by atoms with Crippen molar-refractivity contribution in [3.8, 4) is 0 Å². The number of rotatable bonds is 4. The summed E-state index contributed by atoms with van der Waals surface area (Å²) in [5.41, 5.74) is 2.50. The van der Waals surface area contributed by atoms with Crippen molar-refractivity contribution in [2.75, 3.05) is 13.2 Å². The zero-order valence-electron chi connectivity index (χ0n) is 13.7. The van der Waals surface area contributed by atoms with Gasteiger partial charge >= 0.3 is 0 Å². The molecule has 3 heteroatoms. The van der Waals surface area contributed by atoms with Gasteiger partial charge in [-0.2, -0.15) is 0 Å². The second-order valence-electron chi connectivity index (χ2n) is 7.10. The number of nitrogens with zero attached hydrogens (tertiary/aromatic N) is 1. The lowest BCUT2D eigenvalue weighted by Gasteiger charge is -2.28. The van der Waals surface area contributed by atoms with Gasteiger partial charge in [-0.05, 0) is 37.0 Å². The lowest BCUT2D eigenvalue weighted by Crippen LogP contribution is -2.44. The number of para-hydroxylation sites is 1. The Kier molecular flexibility index (Phi) is 4.58. The number of pyridine rings is 1. The molecule has 1 saturated heterocycles. The Morgan fingerprint density at radius 3 is 2.83 bits per heavy atom. The van der Waals surface area contributed by atoms with Crippen molar-refractivity contribution in [3.63, 3.8) is 0 Å². The summed E-state index contributed by atoms with van der Waals surface area (Å²) in [6.07, 6.45) is 9.86. The van der Waals surface area contributed by atoms with Crippen LogP contribution in [0.15, 0.2) is 36.5 Å². The molecule has 2 aliphatic rings. The smallest absolute Gasteiger partial charge is 0.0704 e. The molecule has 2 aromatic rings. The summed E-state index contributed by atoms with van der Waals surface area (Å²) in [5, 5.41) is 5.19. The number of benzene rings is 1. The van der Waals surface area contributed by atoms with Crippen LogP contribution in [0.2, 0.25) is 0 Å². The van der Waals surface area contributed by atoms with Gasteiger partial charge in [-0.15, -0.1) is 0 Å². The molecule has 3 nitrogen and oxygen atoms in total. The van der Waals surface area contributed by atoms with Gasteiger partial charge in [0.25, 0.3) is 0 Å². The summed E-state index contributed by atoms with van der Waals surface area (Å²) >= 11 is 0. The van der Waals surface area contributed by atoms with Gasteiger partial charge in [-0.1, -0.05) is 37.5 Å². The van der Waals surface area contributed by atoms with Crippen LogP contribution in [0.5, 0.6) is 0 Å². The minimum Gasteiger partial charge on any atom is -0.379 e. The average Bonchev–Trinajstić information content (AvgIpc) is 3.03. The normalized spacial score (nSPS) is 25.9. The van der Waals surface area contributed by atoms with Crippen molar-refractivity contribution in [3.05, 3.63) is 42.1 Å². The topological polar surface area (TPSA) is 34.1 Å². The summed E-state index contributed by atoms with van der Waals surface area (Å²) in [7, 11) is 0. The monoisotopic (exact) mass is 310 g/mol. The molecule has 0 unspecified atom stereocenters. The fraction of sp³-hybridized carbons (Fsp3) is 0.550. The number of hydrogen-bond donors (Lipinski definition) is 1. The molecule has 0 radical (unpaired) electrons. The fourth-order valence-electron chi connectivity index (χ4n) is 4.17. The van der Waals surface area contributed by atoms with Gasteiger partial charge in [-0.3, -0.25) is 4.98 Å². The van der Waals surface area contributed by atoms with E-state index in [-0.39, 0.29) is 0 Å².